The number of hydrogen-bond donors (Lipinski definition) is 0. The lowest BCUT2D eigenvalue weighted by molar-refractivity contribution is 0.263. The summed E-state index contributed by atoms with van der Waals surface area (Å²) in [6.45, 7) is 5.78. The van der Waals surface area contributed by atoms with Crippen LogP contribution in [0.4, 0.5) is 0 Å². The van der Waals surface area contributed by atoms with Crippen LogP contribution in [0.1, 0.15) is 32.0 Å². The molecule has 3 aromatic carbocycles. The zero-order valence-electron chi connectivity index (χ0n) is 19.3. The summed E-state index contributed by atoms with van der Waals surface area (Å²) in [4.78, 5) is 5.00. The number of aromatic nitrogens is 2. The Balaban J connectivity index is 1.37. The van der Waals surface area contributed by atoms with Gasteiger partial charge in [-0.2, -0.15) is 0 Å². The lowest BCUT2D eigenvalue weighted by Crippen LogP contribution is -2.04. The van der Waals surface area contributed by atoms with Crippen molar-refractivity contribution in [3.05, 3.63) is 89.8 Å². The molecule has 0 radical (unpaired) electrons. The Bertz CT molecular complexity index is 1230. The third kappa shape index (κ3) is 5.27. The summed E-state index contributed by atoms with van der Waals surface area (Å²) in [5.41, 5.74) is 3.04. The minimum absolute atomic E-state index is 0.247. The molecule has 0 aliphatic carbocycles. The van der Waals surface area contributed by atoms with Crippen molar-refractivity contribution in [1.29, 1.82) is 0 Å². The Morgan fingerprint density at radius 3 is 2.21 bits per heavy atom. The predicted octanol–water partition coefficient (Wildman–Crippen LogP) is 7.28. The van der Waals surface area contributed by atoms with E-state index >= 15 is 0 Å². The highest BCUT2D eigenvalue weighted by Gasteiger charge is 2.23. The van der Waals surface area contributed by atoms with Crippen LogP contribution in [0.25, 0.3) is 16.9 Å². The van der Waals surface area contributed by atoms with Gasteiger partial charge in [-0.1, -0.05) is 25.4 Å². The monoisotopic (exact) mass is 474 g/mol. The van der Waals surface area contributed by atoms with Gasteiger partial charge in [-0.3, -0.25) is 0 Å². The molecule has 0 N–H and O–H groups in total. The molecule has 0 spiro atoms. The van der Waals surface area contributed by atoms with E-state index in [1.54, 1.807) is 0 Å². The Kier molecular flexibility index (Phi) is 6.57. The van der Waals surface area contributed by atoms with Crippen LogP contribution in [-0.2, 0) is 4.74 Å². The van der Waals surface area contributed by atoms with E-state index in [2.05, 4.69) is 48.9 Å². The maximum absolute atomic E-state index is 5.96. The van der Waals surface area contributed by atoms with Crippen LogP contribution in [-0.4, -0.2) is 28.9 Å². The summed E-state index contributed by atoms with van der Waals surface area (Å²) in [5.74, 6) is 3.72. The summed E-state index contributed by atoms with van der Waals surface area (Å²) in [6.07, 6.45) is 3.35. The van der Waals surface area contributed by atoms with Gasteiger partial charge in [0, 0.05) is 28.4 Å². The fourth-order valence-electron chi connectivity index (χ4n) is 3.66. The standard InChI is InChI=1S/C28H27ClN2O3/c1-3-19(2)28-30-27(20-4-10-23(11-5-20)32-17-26-18-33-26)16-31(28)22-8-14-25(15-9-22)34-24-12-6-21(29)7-13-24/h4-16,19,26H,3,17-18H2,1-2H3/t19?,26-/m0/s1. The molecule has 1 aliphatic rings. The molecule has 5 nitrogen and oxygen atoms in total. The predicted molar refractivity (Wildman–Crippen MR) is 134 cm³/mol. The molecule has 4 aromatic rings. The van der Waals surface area contributed by atoms with Crippen molar-refractivity contribution in [3.63, 3.8) is 0 Å². The number of benzene rings is 3. The van der Waals surface area contributed by atoms with E-state index in [0.29, 0.717) is 17.5 Å². The van der Waals surface area contributed by atoms with Crippen LogP contribution in [0.3, 0.4) is 0 Å². The van der Waals surface area contributed by atoms with Crippen molar-refractivity contribution in [1.82, 2.24) is 9.55 Å². The first-order valence-corrected chi connectivity index (χ1v) is 11.9. The lowest BCUT2D eigenvalue weighted by atomic mass is 10.1. The number of halogens is 1. The highest BCUT2D eigenvalue weighted by molar-refractivity contribution is 6.30. The van der Waals surface area contributed by atoms with Gasteiger partial charge in [0.1, 0.15) is 35.8 Å². The minimum Gasteiger partial charge on any atom is -0.491 e. The SMILES string of the molecule is CCC(C)c1nc(-c2ccc(OC[C@H]3CO3)cc2)cn1-c1ccc(Oc2ccc(Cl)cc2)cc1. The fourth-order valence-corrected chi connectivity index (χ4v) is 3.79. The lowest BCUT2D eigenvalue weighted by Gasteiger charge is -2.13. The van der Waals surface area contributed by atoms with Gasteiger partial charge < -0.3 is 18.8 Å². The van der Waals surface area contributed by atoms with Crippen molar-refractivity contribution in [3.8, 4) is 34.2 Å². The molecular weight excluding hydrogens is 448 g/mol. The van der Waals surface area contributed by atoms with Crippen LogP contribution in [0, 0.1) is 0 Å². The van der Waals surface area contributed by atoms with Gasteiger partial charge >= 0.3 is 0 Å². The molecule has 0 saturated carbocycles. The molecule has 1 fully saturated rings. The molecule has 2 heterocycles. The zero-order chi connectivity index (χ0) is 23.5. The maximum Gasteiger partial charge on any atom is 0.127 e. The van der Waals surface area contributed by atoms with Crippen LogP contribution in [0.2, 0.25) is 5.02 Å². The van der Waals surface area contributed by atoms with Gasteiger partial charge in [-0.15, -0.1) is 0 Å². The Morgan fingerprint density at radius 2 is 1.59 bits per heavy atom. The average Bonchev–Trinajstić information content (AvgIpc) is 3.60. The molecular formula is C28H27ClN2O3. The Hall–Kier alpha value is -3.28. The van der Waals surface area contributed by atoms with Gasteiger partial charge in [0.05, 0.1) is 12.3 Å². The van der Waals surface area contributed by atoms with E-state index in [1.165, 1.54) is 0 Å². The van der Waals surface area contributed by atoms with Gasteiger partial charge in [0.2, 0.25) is 0 Å². The largest absolute Gasteiger partial charge is 0.491 e. The van der Waals surface area contributed by atoms with Crippen LogP contribution < -0.4 is 9.47 Å². The fraction of sp³-hybridized carbons (Fsp3) is 0.250. The second-order valence-corrected chi connectivity index (χ2v) is 8.94. The molecule has 0 bridgehead atoms. The van der Waals surface area contributed by atoms with Crippen molar-refractivity contribution < 1.29 is 14.2 Å². The molecule has 6 heteroatoms. The minimum atomic E-state index is 0.247. The summed E-state index contributed by atoms with van der Waals surface area (Å²) in [7, 11) is 0. The maximum atomic E-state index is 5.96. The normalized spacial score (nSPS) is 15.7. The van der Waals surface area contributed by atoms with Gasteiger partial charge in [-0.25, -0.2) is 4.98 Å². The molecule has 1 aliphatic heterocycles. The number of epoxide rings is 1. The topological polar surface area (TPSA) is 48.8 Å². The quantitative estimate of drug-likeness (QED) is 0.239. The molecule has 1 unspecified atom stereocenters. The van der Waals surface area contributed by atoms with Crippen molar-refractivity contribution in [2.24, 2.45) is 0 Å². The molecule has 5 rings (SSSR count). The molecule has 2 atom stereocenters. The van der Waals surface area contributed by atoms with Gasteiger partial charge in [0.15, 0.2) is 0 Å². The van der Waals surface area contributed by atoms with E-state index < -0.39 is 0 Å². The highest BCUT2D eigenvalue weighted by atomic mass is 35.5. The van der Waals surface area contributed by atoms with Crippen molar-refractivity contribution in [2.45, 2.75) is 32.3 Å². The number of rotatable bonds is 9. The van der Waals surface area contributed by atoms with E-state index in [0.717, 1.165) is 53.0 Å². The first-order chi connectivity index (χ1) is 16.6. The van der Waals surface area contributed by atoms with Crippen LogP contribution in [0.15, 0.2) is 79.0 Å². The molecule has 1 saturated heterocycles. The molecule has 1 aromatic heterocycles. The zero-order valence-corrected chi connectivity index (χ0v) is 20.0. The third-order valence-electron chi connectivity index (χ3n) is 5.94. The Morgan fingerprint density at radius 1 is 0.971 bits per heavy atom. The smallest absolute Gasteiger partial charge is 0.127 e. The van der Waals surface area contributed by atoms with E-state index in [4.69, 9.17) is 30.8 Å². The summed E-state index contributed by atoms with van der Waals surface area (Å²) < 4.78 is 19.1. The van der Waals surface area contributed by atoms with Crippen molar-refractivity contribution >= 4 is 11.6 Å². The Labute approximate surface area is 204 Å². The number of imidazole rings is 1. The second-order valence-electron chi connectivity index (χ2n) is 8.50. The third-order valence-corrected chi connectivity index (χ3v) is 6.19. The number of ether oxygens (including phenoxy) is 3. The molecule has 174 valence electrons. The second kappa shape index (κ2) is 9.92. The molecule has 0 amide bonds. The van der Waals surface area contributed by atoms with Crippen LogP contribution in [0.5, 0.6) is 17.2 Å². The van der Waals surface area contributed by atoms with E-state index in [1.807, 2.05) is 48.5 Å². The number of nitrogens with zero attached hydrogens (tertiary/aromatic N) is 2. The van der Waals surface area contributed by atoms with E-state index in [-0.39, 0.29) is 6.10 Å². The summed E-state index contributed by atoms with van der Waals surface area (Å²) in [5, 5.41) is 0.686. The van der Waals surface area contributed by atoms with Crippen LogP contribution >= 0.6 is 11.6 Å². The van der Waals surface area contributed by atoms with Gasteiger partial charge in [0.25, 0.3) is 0 Å². The van der Waals surface area contributed by atoms with Gasteiger partial charge in [-0.05, 0) is 79.2 Å². The van der Waals surface area contributed by atoms with E-state index in [9.17, 15) is 0 Å². The summed E-state index contributed by atoms with van der Waals surface area (Å²) >= 11 is 5.96. The first kappa shape index (κ1) is 22.5. The summed E-state index contributed by atoms with van der Waals surface area (Å²) in [6, 6.07) is 23.5. The van der Waals surface area contributed by atoms with Crippen molar-refractivity contribution in [2.75, 3.05) is 13.2 Å². The molecule has 34 heavy (non-hydrogen) atoms. The average molecular weight is 475 g/mol. The first-order valence-electron chi connectivity index (χ1n) is 11.6. The highest BCUT2D eigenvalue weighted by Crippen LogP contribution is 2.30. The number of hydrogen-bond acceptors (Lipinski definition) is 4.